The number of aliphatic hydroxyl groups excluding tert-OH is 1. The number of amides is 1. The Morgan fingerprint density at radius 3 is 2.70 bits per heavy atom. The summed E-state index contributed by atoms with van der Waals surface area (Å²) in [6.07, 6.45) is 1.30. The summed E-state index contributed by atoms with van der Waals surface area (Å²) in [4.78, 5) is 11.8. The summed E-state index contributed by atoms with van der Waals surface area (Å²) in [6.45, 7) is 0.679. The first-order valence-electron chi connectivity index (χ1n) is 6.87. The highest BCUT2D eigenvalue weighted by molar-refractivity contribution is 5.81. The van der Waals surface area contributed by atoms with Crippen molar-refractivity contribution in [2.24, 2.45) is 5.73 Å². The Bertz CT molecular complexity index is 384. The number of hydrogen-bond donors (Lipinski definition) is 3. The molecule has 0 heterocycles. The number of hydrogen-bond acceptors (Lipinski definition) is 4. The van der Waals surface area contributed by atoms with Crippen molar-refractivity contribution in [3.63, 3.8) is 0 Å². The second-order valence-corrected chi connectivity index (χ2v) is 4.82. The molecule has 1 rings (SSSR count). The summed E-state index contributed by atoms with van der Waals surface area (Å²) < 4.78 is 4.81. The van der Waals surface area contributed by atoms with Crippen LogP contribution in [0.4, 0.5) is 0 Å². The number of nitrogens with one attached hydrogen (secondary N) is 1. The molecule has 0 saturated carbocycles. The number of ether oxygens (including phenoxy) is 1. The molecule has 5 heteroatoms. The summed E-state index contributed by atoms with van der Waals surface area (Å²) >= 11 is 0. The predicted octanol–water partition coefficient (Wildman–Crippen LogP) is 0.460. The van der Waals surface area contributed by atoms with Crippen LogP contribution in [0.1, 0.15) is 18.4 Å². The summed E-state index contributed by atoms with van der Waals surface area (Å²) in [6, 6.07) is 9.42. The minimum absolute atomic E-state index is 0.175. The maximum absolute atomic E-state index is 11.8. The number of carbonyl (C=O) groups is 1. The van der Waals surface area contributed by atoms with Crippen LogP contribution >= 0.6 is 0 Å². The lowest BCUT2D eigenvalue weighted by Crippen LogP contribution is -2.42. The van der Waals surface area contributed by atoms with Crippen LogP contribution in [0.2, 0.25) is 0 Å². The van der Waals surface area contributed by atoms with Crippen molar-refractivity contribution >= 4 is 5.91 Å². The summed E-state index contributed by atoms with van der Waals surface area (Å²) in [5, 5.41) is 12.2. The van der Waals surface area contributed by atoms with Crippen LogP contribution in [0, 0.1) is 0 Å². The molecule has 0 saturated heterocycles. The van der Waals surface area contributed by atoms with E-state index >= 15 is 0 Å². The van der Waals surface area contributed by atoms with Gasteiger partial charge in [-0.1, -0.05) is 30.3 Å². The number of aryl methyl sites for hydroxylation is 1. The third kappa shape index (κ3) is 6.65. The average Bonchev–Trinajstić information content (AvgIpc) is 2.46. The molecule has 0 radical (unpaired) electrons. The van der Waals surface area contributed by atoms with Crippen LogP contribution in [0.25, 0.3) is 0 Å². The quantitative estimate of drug-likeness (QED) is 0.613. The van der Waals surface area contributed by atoms with E-state index in [0.29, 0.717) is 19.4 Å². The normalized spacial score (nSPS) is 13.8. The molecule has 0 aliphatic heterocycles. The second-order valence-electron chi connectivity index (χ2n) is 4.82. The smallest absolute Gasteiger partial charge is 0.236 e. The first kappa shape index (κ1) is 16.6. The molecule has 5 nitrogen and oxygen atoms in total. The highest BCUT2D eigenvalue weighted by Gasteiger charge is 2.13. The zero-order valence-corrected chi connectivity index (χ0v) is 11.9. The number of rotatable bonds is 9. The standard InChI is InChI=1S/C15H24N2O3/c1-20-11-13(18)9-10-17-15(19)14(16)8-7-12-5-3-2-4-6-12/h2-6,13-14,18H,7-11,16H2,1H3,(H,17,19). The molecule has 2 unspecified atom stereocenters. The van der Waals surface area contributed by atoms with Crippen LogP contribution in [0.3, 0.4) is 0 Å². The van der Waals surface area contributed by atoms with Crippen molar-refractivity contribution in [1.82, 2.24) is 5.32 Å². The third-order valence-electron chi connectivity index (χ3n) is 3.06. The monoisotopic (exact) mass is 280 g/mol. The molecule has 112 valence electrons. The van der Waals surface area contributed by atoms with Gasteiger partial charge in [0, 0.05) is 13.7 Å². The molecule has 0 aliphatic carbocycles. The van der Waals surface area contributed by atoms with Crippen LogP contribution < -0.4 is 11.1 Å². The van der Waals surface area contributed by atoms with Gasteiger partial charge >= 0.3 is 0 Å². The molecule has 0 bridgehead atoms. The van der Waals surface area contributed by atoms with E-state index in [1.54, 1.807) is 0 Å². The van der Waals surface area contributed by atoms with E-state index in [1.165, 1.54) is 12.7 Å². The van der Waals surface area contributed by atoms with Gasteiger partial charge in [0.05, 0.1) is 18.8 Å². The molecule has 0 spiro atoms. The average molecular weight is 280 g/mol. The topological polar surface area (TPSA) is 84.6 Å². The van der Waals surface area contributed by atoms with Gasteiger partial charge in [0.1, 0.15) is 0 Å². The maximum atomic E-state index is 11.8. The van der Waals surface area contributed by atoms with Gasteiger partial charge in [0.25, 0.3) is 0 Å². The van der Waals surface area contributed by atoms with Gasteiger partial charge in [-0.2, -0.15) is 0 Å². The Labute approximate surface area is 120 Å². The van der Waals surface area contributed by atoms with E-state index in [1.807, 2.05) is 30.3 Å². The van der Waals surface area contributed by atoms with Crippen LogP contribution in [0.5, 0.6) is 0 Å². The van der Waals surface area contributed by atoms with E-state index < -0.39 is 12.1 Å². The molecule has 1 aromatic rings. The number of aliphatic hydroxyl groups is 1. The fourth-order valence-corrected chi connectivity index (χ4v) is 1.87. The fourth-order valence-electron chi connectivity index (χ4n) is 1.87. The Morgan fingerprint density at radius 1 is 1.35 bits per heavy atom. The maximum Gasteiger partial charge on any atom is 0.236 e. The summed E-state index contributed by atoms with van der Waals surface area (Å²) in [5.74, 6) is -0.175. The Hall–Kier alpha value is -1.43. The Morgan fingerprint density at radius 2 is 2.05 bits per heavy atom. The largest absolute Gasteiger partial charge is 0.391 e. The SMILES string of the molecule is COCC(O)CCNC(=O)C(N)CCc1ccccc1. The van der Waals surface area contributed by atoms with Gasteiger partial charge in [-0.3, -0.25) is 4.79 Å². The highest BCUT2D eigenvalue weighted by Crippen LogP contribution is 2.04. The van der Waals surface area contributed by atoms with Crippen molar-refractivity contribution in [3.05, 3.63) is 35.9 Å². The van der Waals surface area contributed by atoms with Crippen molar-refractivity contribution in [2.45, 2.75) is 31.4 Å². The van der Waals surface area contributed by atoms with E-state index in [0.717, 1.165) is 6.42 Å². The van der Waals surface area contributed by atoms with E-state index in [-0.39, 0.29) is 12.5 Å². The molecule has 0 aliphatic rings. The number of methoxy groups -OCH3 is 1. The van der Waals surface area contributed by atoms with Gasteiger partial charge in [-0.05, 0) is 24.8 Å². The van der Waals surface area contributed by atoms with Gasteiger partial charge in [0.2, 0.25) is 5.91 Å². The first-order valence-corrected chi connectivity index (χ1v) is 6.87. The molecule has 0 fully saturated rings. The lowest BCUT2D eigenvalue weighted by atomic mass is 10.1. The van der Waals surface area contributed by atoms with Gasteiger partial charge in [-0.15, -0.1) is 0 Å². The molecule has 20 heavy (non-hydrogen) atoms. The van der Waals surface area contributed by atoms with E-state index in [4.69, 9.17) is 10.5 Å². The summed E-state index contributed by atoms with van der Waals surface area (Å²) in [7, 11) is 1.53. The molecular weight excluding hydrogens is 256 g/mol. The highest BCUT2D eigenvalue weighted by atomic mass is 16.5. The second kappa shape index (κ2) is 9.47. The number of nitrogens with two attached hydrogens (primary N) is 1. The zero-order chi connectivity index (χ0) is 14.8. The van der Waals surface area contributed by atoms with Crippen LogP contribution in [0.15, 0.2) is 30.3 Å². The Balaban J connectivity index is 2.19. The zero-order valence-electron chi connectivity index (χ0n) is 11.9. The molecular formula is C15H24N2O3. The fraction of sp³-hybridized carbons (Fsp3) is 0.533. The van der Waals surface area contributed by atoms with E-state index in [9.17, 15) is 9.90 Å². The van der Waals surface area contributed by atoms with Crippen molar-refractivity contribution in [1.29, 1.82) is 0 Å². The summed E-state index contributed by atoms with van der Waals surface area (Å²) in [5.41, 5.74) is 7.01. The Kier molecular flexibility index (Phi) is 7.87. The predicted molar refractivity (Wildman–Crippen MR) is 78.2 cm³/mol. The molecule has 2 atom stereocenters. The lowest BCUT2D eigenvalue weighted by Gasteiger charge is -2.14. The minimum Gasteiger partial charge on any atom is -0.391 e. The molecule has 0 aromatic heterocycles. The van der Waals surface area contributed by atoms with Crippen molar-refractivity contribution in [2.75, 3.05) is 20.3 Å². The van der Waals surface area contributed by atoms with Gasteiger partial charge < -0.3 is 20.9 Å². The van der Waals surface area contributed by atoms with Gasteiger partial charge in [0.15, 0.2) is 0 Å². The van der Waals surface area contributed by atoms with Crippen molar-refractivity contribution < 1.29 is 14.6 Å². The third-order valence-corrected chi connectivity index (χ3v) is 3.06. The van der Waals surface area contributed by atoms with E-state index in [2.05, 4.69) is 5.32 Å². The van der Waals surface area contributed by atoms with Gasteiger partial charge in [-0.25, -0.2) is 0 Å². The lowest BCUT2D eigenvalue weighted by molar-refractivity contribution is -0.122. The number of carbonyl (C=O) groups excluding carboxylic acids is 1. The van der Waals surface area contributed by atoms with Crippen LogP contribution in [-0.2, 0) is 16.0 Å². The first-order chi connectivity index (χ1) is 9.63. The molecule has 1 aromatic carbocycles. The number of benzene rings is 1. The minimum atomic E-state index is -0.555. The molecule has 1 amide bonds. The molecule has 4 N–H and O–H groups in total. The van der Waals surface area contributed by atoms with Crippen molar-refractivity contribution in [3.8, 4) is 0 Å². The van der Waals surface area contributed by atoms with Crippen LogP contribution in [-0.4, -0.2) is 43.4 Å².